The number of rotatable bonds is 3. The number of benzene rings is 1. The summed E-state index contributed by atoms with van der Waals surface area (Å²) in [7, 11) is 0. The number of anilines is 2. The van der Waals surface area contributed by atoms with Gasteiger partial charge < -0.3 is 11.1 Å². The number of fused-ring (bicyclic) bond motifs is 1. The Balaban J connectivity index is 2.02. The molecule has 3 N–H and O–H groups in total. The third-order valence-corrected chi connectivity index (χ3v) is 4.31. The summed E-state index contributed by atoms with van der Waals surface area (Å²) in [4.78, 5) is 9.23. The summed E-state index contributed by atoms with van der Waals surface area (Å²) in [5, 5.41) is 4.02. The third-order valence-electron chi connectivity index (χ3n) is 3.17. The van der Waals surface area contributed by atoms with Crippen LogP contribution in [0.4, 0.5) is 10.9 Å². The molecule has 0 aliphatic rings. The van der Waals surface area contributed by atoms with Crippen molar-refractivity contribution < 1.29 is 0 Å². The second-order valence-electron chi connectivity index (χ2n) is 4.83. The van der Waals surface area contributed by atoms with Crippen LogP contribution in [0.15, 0.2) is 30.5 Å². The van der Waals surface area contributed by atoms with Crippen LogP contribution in [0, 0.1) is 13.8 Å². The second-order valence-corrected chi connectivity index (χ2v) is 6.30. The van der Waals surface area contributed by atoms with Crippen LogP contribution in [-0.4, -0.2) is 15.0 Å². The van der Waals surface area contributed by atoms with E-state index in [1.165, 1.54) is 5.56 Å². The van der Waals surface area contributed by atoms with Gasteiger partial charge in [-0.2, -0.15) is 0 Å². The molecule has 0 saturated carbocycles. The molecule has 1 aromatic carbocycles. The minimum Gasteiger partial charge on any atom is -0.389 e. The third kappa shape index (κ3) is 2.72. The molecule has 0 fully saturated rings. The van der Waals surface area contributed by atoms with E-state index in [9.17, 15) is 0 Å². The normalized spacial score (nSPS) is 10.8. The maximum absolute atomic E-state index is 5.80. The summed E-state index contributed by atoms with van der Waals surface area (Å²) in [6, 6.07) is 8.08. The van der Waals surface area contributed by atoms with Gasteiger partial charge in [-0.15, -0.1) is 0 Å². The van der Waals surface area contributed by atoms with Gasteiger partial charge in [-0.1, -0.05) is 29.6 Å². The lowest BCUT2D eigenvalue weighted by atomic mass is 10.1. The molecule has 0 spiro atoms. The first-order chi connectivity index (χ1) is 10.0. The zero-order valence-corrected chi connectivity index (χ0v) is 13.3. The van der Waals surface area contributed by atoms with E-state index in [0.29, 0.717) is 10.8 Å². The fraction of sp³-hybridized carbons (Fsp3) is 0.133. The van der Waals surface area contributed by atoms with Crippen LogP contribution in [0.3, 0.4) is 0 Å². The van der Waals surface area contributed by atoms with Crippen molar-refractivity contribution in [3.8, 4) is 0 Å². The molecular weight excluding hydrogens is 300 g/mol. The van der Waals surface area contributed by atoms with Crippen LogP contribution in [0.5, 0.6) is 0 Å². The Morgan fingerprint density at radius 2 is 2.10 bits per heavy atom. The van der Waals surface area contributed by atoms with Gasteiger partial charge in [0.25, 0.3) is 0 Å². The number of aromatic nitrogens is 2. The van der Waals surface area contributed by atoms with Crippen LogP contribution in [0.25, 0.3) is 10.2 Å². The molecule has 0 atom stereocenters. The van der Waals surface area contributed by atoms with Gasteiger partial charge in [-0.25, -0.2) is 9.97 Å². The van der Waals surface area contributed by atoms with Gasteiger partial charge in [0, 0.05) is 6.20 Å². The Hall–Kier alpha value is -2.05. The van der Waals surface area contributed by atoms with Crippen molar-refractivity contribution in [1.82, 2.24) is 9.97 Å². The standard InChI is InChI=1S/C15H14N4S2/c1-8-3-4-10-11(7-8)21-15(18-10)19-14-12(13(16)20)9(2)5-6-17-14/h3-7H,1-2H3,(H2,16,20)(H,17,18,19). The fourth-order valence-electron chi connectivity index (χ4n) is 2.15. The number of aryl methyl sites for hydroxylation is 2. The van der Waals surface area contributed by atoms with E-state index in [1.807, 2.05) is 19.1 Å². The molecule has 0 aliphatic carbocycles. The quantitative estimate of drug-likeness (QED) is 0.722. The van der Waals surface area contributed by atoms with Crippen molar-refractivity contribution in [2.75, 3.05) is 5.32 Å². The summed E-state index contributed by atoms with van der Waals surface area (Å²) in [6.07, 6.45) is 1.73. The molecule has 0 saturated heterocycles. The van der Waals surface area contributed by atoms with E-state index < -0.39 is 0 Å². The van der Waals surface area contributed by atoms with Crippen molar-refractivity contribution in [2.45, 2.75) is 13.8 Å². The van der Waals surface area contributed by atoms with Gasteiger partial charge in [0.05, 0.1) is 15.8 Å². The molecule has 2 aromatic heterocycles. The lowest BCUT2D eigenvalue weighted by Gasteiger charge is -2.10. The summed E-state index contributed by atoms with van der Waals surface area (Å²) >= 11 is 6.70. The molecule has 4 nitrogen and oxygen atoms in total. The Labute approximate surface area is 132 Å². The van der Waals surface area contributed by atoms with Crippen molar-refractivity contribution in [2.24, 2.45) is 5.73 Å². The molecule has 0 bridgehead atoms. The van der Waals surface area contributed by atoms with E-state index in [-0.39, 0.29) is 0 Å². The van der Waals surface area contributed by atoms with E-state index in [1.54, 1.807) is 17.5 Å². The minimum absolute atomic E-state index is 0.333. The predicted molar refractivity (Wildman–Crippen MR) is 92.5 cm³/mol. The molecule has 3 aromatic rings. The summed E-state index contributed by atoms with van der Waals surface area (Å²) in [5.41, 5.74) is 9.75. The topological polar surface area (TPSA) is 63.8 Å². The number of hydrogen-bond acceptors (Lipinski definition) is 5. The molecule has 0 radical (unpaired) electrons. The highest BCUT2D eigenvalue weighted by atomic mass is 32.1. The van der Waals surface area contributed by atoms with Gasteiger partial charge in [-0.3, -0.25) is 0 Å². The predicted octanol–water partition coefficient (Wildman–Crippen LogP) is 3.69. The van der Waals surface area contributed by atoms with Crippen molar-refractivity contribution in [3.05, 3.63) is 47.2 Å². The molecule has 0 amide bonds. The summed E-state index contributed by atoms with van der Waals surface area (Å²) in [6.45, 7) is 4.03. The van der Waals surface area contributed by atoms with Crippen molar-refractivity contribution in [1.29, 1.82) is 0 Å². The van der Waals surface area contributed by atoms with Gasteiger partial charge in [0.2, 0.25) is 0 Å². The van der Waals surface area contributed by atoms with Crippen LogP contribution in [-0.2, 0) is 0 Å². The average Bonchev–Trinajstić information content (AvgIpc) is 2.79. The first-order valence-corrected chi connectivity index (χ1v) is 7.66. The first kappa shape index (κ1) is 13.9. The smallest absolute Gasteiger partial charge is 0.189 e. The Morgan fingerprint density at radius 1 is 1.29 bits per heavy atom. The molecule has 6 heteroatoms. The molecule has 106 valence electrons. The lowest BCUT2D eigenvalue weighted by molar-refractivity contribution is 1.25. The largest absolute Gasteiger partial charge is 0.389 e. The van der Waals surface area contributed by atoms with Crippen molar-refractivity contribution >= 4 is 49.7 Å². The number of nitrogens with zero attached hydrogens (tertiary/aromatic N) is 2. The Kier molecular flexibility index (Phi) is 3.57. The Bertz CT molecular complexity index is 839. The zero-order chi connectivity index (χ0) is 15.0. The highest BCUT2D eigenvalue weighted by molar-refractivity contribution is 7.80. The molecule has 21 heavy (non-hydrogen) atoms. The van der Waals surface area contributed by atoms with Crippen LogP contribution >= 0.6 is 23.6 Å². The number of nitrogens with two attached hydrogens (primary N) is 1. The van der Waals surface area contributed by atoms with Gasteiger partial charge >= 0.3 is 0 Å². The van der Waals surface area contributed by atoms with Gasteiger partial charge in [0.15, 0.2) is 5.13 Å². The van der Waals surface area contributed by atoms with E-state index in [4.69, 9.17) is 18.0 Å². The van der Waals surface area contributed by atoms with Crippen LogP contribution < -0.4 is 11.1 Å². The highest BCUT2D eigenvalue weighted by Gasteiger charge is 2.12. The Morgan fingerprint density at radius 3 is 2.86 bits per heavy atom. The minimum atomic E-state index is 0.333. The summed E-state index contributed by atoms with van der Waals surface area (Å²) < 4.78 is 1.14. The first-order valence-electron chi connectivity index (χ1n) is 6.44. The monoisotopic (exact) mass is 314 g/mol. The number of nitrogens with one attached hydrogen (secondary N) is 1. The average molecular weight is 314 g/mol. The lowest BCUT2D eigenvalue weighted by Crippen LogP contribution is -2.14. The van der Waals surface area contributed by atoms with E-state index >= 15 is 0 Å². The molecule has 0 unspecified atom stereocenters. The van der Waals surface area contributed by atoms with E-state index in [0.717, 1.165) is 26.5 Å². The summed E-state index contributed by atoms with van der Waals surface area (Å²) in [5.74, 6) is 0.651. The van der Waals surface area contributed by atoms with E-state index in [2.05, 4.69) is 34.3 Å². The maximum atomic E-state index is 5.80. The SMILES string of the molecule is Cc1ccc2nc(Nc3nccc(C)c3C(N)=S)sc2c1. The molecular formula is C15H14N4S2. The van der Waals surface area contributed by atoms with Crippen LogP contribution in [0.1, 0.15) is 16.7 Å². The zero-order valence-electron chi connectivity index (χ0n) is 11.7. The number of pyridine rings is 1. The highest BCUT2D eigenvalue weighted by Crippen LogP contribution is 2.29. The van der Waals surface area contributed by atoms with Gasteiger partial charge in [-0.05, 0) is 43.2 Å². The van der Waals surface area contributed by atoms with Crippen molar-refractivity contribution in [3.63, 3.8) is 0 Å². The number of thiocarbonyl (C=S) groups is 1. The maximum Gasteiger partial charge on any atom is 0.189 e. The number of thiazole rings is 1. The fourth-order valence-corrected chi connectivity index (χ4v) is 3.37. The molecule has 3 rings (SSSR count). The number of hydrogen-bond donors (Lipinski definition) is 2. The van der Waals surface area contributed by atoms with Crippen LogP contribution in [0.2, 0.25) is 0 Å². The molecule has 0 aliphatic heterocycles. The second kappa shape index (κ2) is 5.38. The van der Waals surface area contributed by atoms with Gasteiger partial charge in [0.1, 0.15) is 10.8 Å². The molecule has 2 heterocycles.